The van der Waals surface area contributed by atoms with E-state index in [1.807, 2.05) is 31.2 Å². The van der Waals surface area contributed by atoms with Gasteiger partial charge >= 0.3 is 5.97 Å². The number of rotatable bonds is 11. The molecule has 8 heteroatoms. The molecule has 0 aromatic heterocycles. The molecule has 0 unspecified atom stereocenters. The molecule has 2 aliphatic rings. The molecule has 1 aromatic rings. The van der Waals surface area contributed by atoms with E-state index in [-0.39, 0.29) is 17.8 Å². The standard InChI is InChI=1S/C24H32N2O5S/c1-5-7-8-13-30-18-11-9-17(10-12-18)21-20(23(28)31-15-14-29-4)16(3)25-24-26(21)22(27)19(6-2)32-24/h9-12,19,21H,5-8,13-15H2,1-4H3/t19-,21-/m1/s1. The van der Waals surface area contributed by atoms with E-state index < -0.39 is 12.0 Å². The van der Waals surface area contributed by atoms with Crippen molar-refractivity contribution in [2.45, 2.75) is 57.7 Å². The van der Waals surface area contributed by atoms with Crippen molar-refractivity contribution in [2.75, 3.05) is 26.9 Å². The lowest BCUT2D eigenvalue weighted by Gasteiger charge is -2.33. The second-order valence-electron chi connectivity index (χ2n) is 7.77. The van der Waals surface area contributed by atoms with Crippen molar-refractivity contribution in [3.05, 3.63) is 41.1 Å². The summed E-state index contributed by atoms with van der Waals surface area (Å²) in [5, 5.41) is 0.437. The molecule has 3 rings (SSSR count). The summed E-state index contributed by atoms with van der Waals surface area (Å²) >= 11 is 1.45. The highest BCUT2D eigenvalue weighted by atomic mass is 32.2. The van der Waals surface area contributed by atoms with Crippen LogP contribution in [0, 0.1) is 0 Å². The van der Waals surface area contributed by atoms with E-state index in [0.29, 0.717) is 36.1 Å². The molecule has 2 atom stereocenters. The van der Waals surface area contributed by atoms with Gasteiger partial charge in [0.05, 0.1) is 35.8 Å². The predicted octanol–water partition coefficient (Wildman–Crippen LogP) is 4.48. The number of amidine groups is 1. The molecule has 1 amide bonds. The average molecular weight is 461 g/mol. The van der Waals surface area contributed by atoms with Gasteiger partial charge in [0.25, 0.3) is 0 Å². The van der Waals surface area contributed by atoms with Gasteiger partial charge < -0.3 is 14.2 Å². The molecular weight excluding hydrogens is 428 g/mol. The first-order valence-electron chi connectivity index (χ1n) is 11.2. The highest BCUT2D eigenvalue weighted by Gasteiger charge is 2.47. The number of amides is 1. The number of nitrogens with zero attached hydrogens (tertiary/aromatic N) is 2. The van der Waals surface area contributed by atoms with Gasteiger partial charge in [0.15, 0.2) is 5.17 Å². The summed E-state index contributed by atoms with van der Waals surface area (Å²) < 4.78 is 16.2. The van der Waals surface area contributed by atoms with Crippen molar-refractivity contribution in [3.8, 4) is 5.75 Å². The van der Waals surface area contributed by atoms with Gasteiger partial charge in [-0.15, -0.1) is 0 Å². The molecule has 1 saturated heterocycles. The first-order valence-corrected chi connectivity index (χ1v) is 12.1. The molecule has 7 nitrogen and oxygen atoms in total. The molecule has 32 heavy (non-hydrogen) atoms. The number of aliphatic imine (C=N–C) groups is 1. The van der Waals surface area contributed by atoms with E-state index in [2.05, 4.69) is 11.9 Å². The van der Waals surface area contributed by atoms with Crippen molar-refractivity contribution in [1.82, 2.24) is 4.90 Å². The van der Waals surface area contributed by atoms with Crippen LogP contribution >= 0.6 is 11.8 Å². The first-order chi connectivity index (χ1) is 15.5. The van der Waals surface area contributed by atoms with Gasteiger partial charge in [-0.05, 0) is 37.5 Å². The number of benzene rings is 1. The van der Waals surface area contributed by atoms with Crippen LogP contribution in [-0.4, -0.2) is 54.1 Å². The monoisotopic (exact) mass is 460 g/mol. The highest BCUT2D eigenvalue weighted by molar-refractivity contribution is 8.15. The Kier molecular flexibility index (Phi) is 8.75. The maximum absolute atomic E-state index is 13.2. The summed E-state index contributed by atoms with van der Waals surface area (Å²) in [5.74, 6) is 0.258. The fourth-order valence-corrected chi connectivity index (χ4v) is 4.88. The van der Waals surface area contributed by atoms with E-state index in [0.717, 1.165) is 30.6 Å². The van der Waals surface area contributed by atoms with Crippen LogP contribution in [0.15, 0.2) is 40.5 Å². The van der Waals surface area contributed by atoms with Gasteiger partial charge in [-0.2, -0.15) is 0 Å². The van der Waals surface area contributed by atoms with Crippen LogP contribution in [0.2, 0.25) is 0 Å². The number of hydrogen-bond acceptors (Lipinski definition) is 7. The number of hydrogen-bond donors (Lipinski definition) is 0. The maximum Gasteiger partial charge on any atom is 0.338 e. The van der Waals surface area contributed by atoms with Crippen LogP contribution in [0.1, 0.15) is 58.1 Å². The number of allylic oxidation sites excluding steroid dienone is 1. The lowest BCUT2D eigenvalue weighted by Crippen LogP contribution is -2.40. The highest BCUT2D eigenvalue weighted by Crippen LogP contribution is 2.44. The molecule has 2 aliphatic heterocycles. The van der Waals surface area contributed by atoms with Crippen LogP contribution in [0.3, 0.4) is 0 Å². The van der Waals surface area contributed by atoms with E-state index in [1.165, 1.54) is 11.8 Å². The topological polar surface area (TPSA) is 77.4 Å². The molecule has 0 N–H and O–H groups in total. The zero-order valence-corrected chi connectivity index (χ0v) is 20.1. The summed E-state index contributed by atoms with van der Waals surface area (Å²) in [5.41, 5.74) is 1.77. The predicted molar refractivity (Wildman–Crippen MR) is 126 cm³/mol. The Labute approximate surface area is 194 Å². The Bertz CT molecular complexity index is 881. The van der Waals surface area contributed by atoms with Gasteiger partial charge in [0, 0.05) is 7.11 Å². The Balaban J connectivity index is 1.90. The minimum Gasteiger partial charge on any atom is -0.494 e. The SMILES string of the molecule is CCCCCOc1ccc([C@@H]2C(C(=O)OCCOC)=C(C)N=C3S[C@H](CC)C(=O)N32)cc1. The second kappa shape index (κ2) is 11.5. The molecule has 1 fully saturated rings. The van der Waals surface area contributed by atoms with Crippen molar-refractivity contribution >= 4 is 28.8 Å². The zero-order chi connectivity index (χ0) is 23.1. The van der Waals surface area contributed by atoms with Crippen LogP contribution in [0.25, 0.3) is 0 Å². The van der Waals surface area contributed by atoms with Gasteiger partial charge in [0.1, 0.15) is 12.4 Å². The van der Waals surface area contributed by atoms with E-state index in [1.54, 1.807) is 18.9 Å². The Morgan fingerprint density at radius 1 is 1.12 bits per heavy atom. The van der Waals surface area contributed by atoms with E-state index in [9.17, 15) is 9.59 Å². The summed E-state index contributed by atoms with van der Waals surface area (Å²) in [4.78, 5) is 32.4. The smallest absolute Gasteiger partial charge is 0.338 e. The van der Waals surface area contributed by atoms with Crippen molar-refractivity contribution in [3.63, 3.8) is 0 Å². The fraction of sp³-hybridized carbons (Fsp3) is 0.542. The largest absolute Gasteiger partial charge is 0.494 e. The molecule has 0 spiro atoms. The summed E-state index contributed by atoms with van der Waals surface area (Å²) in [6.07, 6.45) is 3.98. The third-order valence-corrected chi connectivity index (χ3v) is 6.79. The number of ether oxygens (including phenoxy) is 3. The summed E-state index contributed by atoms with van der Waals surface area (Å²) in [7, 11) is 1.55. The third-order valence-electron chi connectivity index (χ3n) is 5.48. The van der Waals surface area contributed by atoms with Crippen LogP contribution in [-0.2, 0) is 19.1 Å². The lowest BCUT2D eigenvalue weighted by atomic mass is 9.94. The van der Waals surface area contributed by atoms with E-state index in [4.69, 9.17) is 14.2 Å². The molecule has 174 valence electrons. The number of esters is 1. The van der Waals surface area contributed by atoms with Gasteiger partial charge in [-0.3, -0.25) is 9.69 Å². The van der Waals surface area contributed by atoms with E-state index >= 15 is 0 Å². The van der Waals surface area contributed by atoms with Gasteiger partial charge in [0.2, 0.25) is 5.91 Å². The number of fused-ring (bicyclic) bond motifs is 1. The molecule has 1 aromatic carbocycles. The second-order valence-corrected chi connectivity index (χ2v) is 8.94. The van der Waals surface area contributed by atoms with Crippen molar-refractivity contribution in [1.29, 1.82) is 0 Å². The zero-order valence-electron chi connectivity index (χ0n) is 19.3. The number of thioether (sulfide) groups is 1. The number of methoxy groups -OCH3 is 1. The molecule has 0 saturated carbocycles. The van der Waals surface area contributed by atoms with Crippen LogP contribution in [0.4, 0.5) is 0 Å². The summed E-state index contributed by atoms with van der Waals surface area (Å²) in [6.45, 7) is 7.04. The molecular formula is C24H32N2O5S. The fourth-order valence-electron chi connectivity index (χ4n) is 3.75. The number of carbonyl (C=O) groups is 2. The average Bonchev–Trinajstić information content (AvgIpc) is 3.11. The van der Waals surface area contributed by atoms with Gasteiger partial charge in [-0.25, -0.2) is 9.79 Å². The first kappa shape index (κ1) is 24.3. The Hall–Kier alpha value is -2.32. The number of carbonyl (C=O) groups excluding carboxylic acids is 2. The Morgan fingerprint density at radius 3 is 2.53 bits per heavy atom. The molecule has 2 heterocycles. The van der Waals surface area contributed by atoms with Crippen molar-refractivity contribution < 1.29 is 23.8 Å². The molecule has 0 aliphatic carbocycles. The van der Waals surface area contributed by atoms with Crippen LogP contribution < -0.4 is 4.74 Å². The van der Waals surface area contributed by atoms with Crippen molar-refractivity contribution in [2.24, 2.45) is 4.99 Å². The Morgan fingerprint density at radius 2 is 1.88 bits per heavy atom. The normalized spacial score (nSPS) is 20.3. The molecule has 0 radical (unpaired) electrons. The lowest BCUT2D eigenvalue weighted by molar-refractivity contribution is -0.141. The number of unbranched alkanes of at least 4 members (excludes halogenated alkanes) is 2. The minimum atomic E-state index is -0.580. The third kappa shape index (κ3) is 5.35. The minimum absolute atomic E-state index is 0.0316. The summed E-state index contributed by atoms with van der Waals surface area (Å²) in [6, 6.07) is 7.02. The molecule has 0 bridgehead atoms. The maximum atomic E-state index is 13.2. The quantitative estimate of drug-likeness (QED) is 0.358. The van der Waals surface area contributed by atoms with Gasteiger partial charge in [-0.1, -0.05) is 50.6 Å². The van der Waals surface area contributed by atoms with Crippen LogP contribution in [0.5, 0.6) is 5.75 Å².